The van der Waals surface area contributed by atoms with Crippen LogP contribution in [0.4, 0.5) is 0 Å². The smallest absolute Gasteiger partial charge is 0.350 e. The molecule has 5 heteroatoms. The maximum atomic E-state index is 11.1. The van der Waals surface area contributed by atoms with Crippen LogP contribution in [0, 0.1) is 5.92 Å². The average Bonchev–Trinajstić information content (AvgIpc) is 2.14. The van der Waals surface area contributed by atoms with Gasteiger partial charge in [-0.05, 0) is 20.8 Å². The van der Waals surface area contributed by atoms with Crippen molar-refractivity contribution >= 4 is 11.9 Å². The fraction of sp³-hybridized carbons (Fsp3) is 0.750. The Morgan fingerprint density at radius 1 is 1.54 bits per heavy atom. The summed E-state index contributed by atoms with van der Waals surface area (Å²) >= 11 is 0. The third-order valence-corrected chi connectivity index (χ3v) is 2.88. The first-order valence-corrected chi connectivity index (χ1v) is 3.92. The first-order chi connectivity index (χ1) is 5.73. The van der Waals surface area contributed by atoms with Crippen LogP contribution < -0.4 is 0 Å². The molecule has 2 N–H and O–H groups in total. The van der Waals surface area contributed by atoms with Gasteiger partial charge in [0.2, 0.25) is 5.60 Å². The van der Waals surface area contributed by atoms with Gasteiger partial charge in [0.1, 0.15) is 5.60 Å². The van der Waals surface area contributed by atoms with Gasteiger partial charge >= 0.3 is 11.9 Å². The van der Waals surface area contributed by atoms with Crippen molar-refractivity contribution in [2.75, 3.05) is 0 Å². The van der Waals surface area contributed by atoms with Gasteiger partial charge in [-0.3, -0.25) is 4.79 Å². The average molecular weight is 188 g/mol. The third kappa shape index (κ3) is 1.03. The van der Waals surface area contributed by atoms with Crippen molar-refractivity contribution in [3.05, 3.63) is 0 Å². The van der Waals surface area contributed by atoms with Gasteiger partial charge in [-0.15, -0.1) is 0 Å². The Morgan fingerprint density at radius 3 is 2.15 bits per heavy atom. The van der Waals surface area contributed by atoms with Crippen LogP contribution in [0.3, 0.4) is 0 Å². The van der Waals surface area contributed by atoms with Crippen LogP contribution in [0.5, 0.6) is 0 Å². The second-order valence-electron chi connectivity index (χ2n) is 3.63. The highest BCUT2D eigenvalue weighted by Gasteiger charge is 2.63. The molecule has 0 aromatic carbocycles. The van der Waals surface area contributed by atoms with E-state index in [1.54, 1.807) is 0 Å². The van der Waals surface area contributed by atoms with Gasteiger partial charge in [0.25, 0.3) is 0 Å². The molecule has 1 fully saturated rings. The standard InChI is InChI=1S/C8H12O5/c1-4-5(9)13-8(3,6(10)11)7(4,2)12/h4,12H,1-3H3,(H,10,11)/t4?,7-,8-/m1/s1. The van der Waals surface area contributed by atoms with Gasteiger partial charge in [-0.2, -0.15) is 0 Å². The molecule has 1 saturated heterocycles. The highest BCUT2D eigenvalue weighted by atomic mass is 16.6. The summed E-state index contributed by atoms with van der Waals surface area (Å²) in [6.07, 6.45) is 0. The summed E-state index contributed by atoms with van der Waals surface area (Å²) in [4.78, 5) is 21.9. The van der Waals surface area contributed by atoms with Crippen LogP contribution >= 0.6 is 0 Å². The lowest BCUT2D eigenvalue weighted by atomic mass is 9.80. The number of hydrogen-bond acceptors (Lipinski definition) is 4. The molecule has 0 spiro atoms. The third-order valence-electron chi connectivity index (χ3n) is 2.88. The zero-order valence-corrected chi connectivity index (χ0v) is 7.70. The quantitative estimate of drug-likeness (QED) is 0.555. The summed E-state index contributed by atoms with van der Waals surface area (Å²) in [6, 6.07) is 0. The molecule has 74 valence electrons. The van der Waals surface area contributed by atoms with E-state index in [2.05, 4.69) is 4.74 Å². The topological polar surface area (TPSA) is 83.8 Å². The predicted molar refractivity (Wildman–Crippen MR) is 41.9 cm³/mol. The van der Waals surface area contributed by atoms with Crippen LogP contribution in [-0.2, 0) is 14.3 Å². The highest BCUT2D eigenvalue weighted by molar-refractivity contribution is 5.89. The second-order valence-corrected chi connectivity index (χ2v) is 3.63. The largest absolute Gasteiger partial charge is 0.478 e. The van der Waals surface area contributed by atoms with E-state index in [1.807, 2.05) is 0 Å². The fourth-order valence-corrected chi connectivity index (χ4v) is 1.30. The van der Waals surface area contributed by atoms with Crippen LogP contribution in [0.15, 0.2) is 0 Å². The van der Waals surface area contributed by atoms with Crippen molar-refractivity contribution in [2.24, 2.45) is 5.92 Å². The molecule has 1 heterocycles. The van der Waals surface area contributed by atoms with E-state index in [0.29, 0.717) is 0 Å². The SMILES string of the molecule is CC1C(=O)O[C@](C)(C(=O)O)[C@]1(C)O. The number of cyclic esters (lactones) is 1. The van der Waals surface area contributed by atoms with E-state index < -0.39 is 29.1 Å². The monoisotopic (exact) mass is 188 g/mol. The summed E-state index contributed by atoms with van der Waals surface area (Å²) in [6.45, 7) is 3.92. The van der Waals surface area contributed by atoms with E-state index in [0.717, 1.165) is 0 Å². The molecule has 0 aromatic heterocycles. The molecule has 0 aliphatic carbocycles. The van der Waals surface area contributed by atoms with Crippen molar-refractivity contribution in [2.45, 2.75) is 32.0 Å². The molecule has 1 rings (SSSR count). The molecule has 0 saturated carbocycles. The number of hydrogen-bond donors (Lipinski definition) is 2. The summed E-state index contributed by atoms with van der Waals surface area (Å²) in [5, 5.41) is 18.6. The Labute approximate surface area is 75.3 Å². The predicted octanol–water partition coefficient (Wildman–Crippen LogP) is -0.226. The van der Waals surface area contributed by atoms with Gasteiger partial charge in [0.15, 0.2) is 0 Å². The van der Waals surface area contributed by atoms with E-state index in [9.17, 15) is 14.7 Å². The van der Waals surface area contributed by atoms with Gasteiger partial charge in [0.05, 0.1) is 5.92 Å². The number of rotatable bonds is 1. The minimum absolute atomic E-state index is 0.685. The molecule has 0 aromatic rings. The Kier molecular flexibility index (Phi) is 1.88. The first kappa shape index (κ1) is 9.98. The number of carbonyl (C=O) groups excluding carboxylic acids is 1. The summed E-state index contributed by atoms with van der Waals surface area (Å²) in [5.41, 5.74) is -3.51. The van der Waals surface area contributed by atoms with Crippen molar-refractivity contribution in [3.63, 3.8) is 0 Å². The molecule has 0 bridgehead atoms. The van der Waals surface area contributed by atoms with E-state index in [4.69, 9.17) is 5.11 Å². The van der Waals surface area contributed by atoms with Gasteiger partial charge in [-0.25, -0.2) is 4.79 Å². The second kappa shape index (κ2) is 2.45. The molecule has 5 nitrogen and oxygen atoms in total. The molecule has 0 radical (unpaired) electrons. The summed E-state index contributed by atoms with van der Waals surface area (Å²) < 4.78 is 4.65. The zero-order chi connectivity index (χ0) is 10.4. The van der Waals surface area contributed by atoms with E-state index >= 15 is 0 Å². The van der Waals surface area contributed by atoms with Crippen LogP contribution in [0.25, 0.3) is 0 Å². The van der Waals surface area contributed by atoms with Crippen LogP contribution in [0.2, 0.25) is 0 Å². The lowest BCUT2D eigenvalue weighted by molar-refractivity contribution is -0.181. The van der Waals surface area contributed by atoms with Crippen molar-refractivity contribution < 1.29 is 24.5 Å². The number of esters is 1. The summed E-state index contributed by atoms with van der Waals surface area (Å²) in [7, 11) is 0. The van der Waals surface area contributed by atoms with Gasteiger partial charge in [-0.1, -0.05) is 0 Å². The minimum Gasteiger partial charge on any atom is -0.478 e. The molecular weight excluding hydrogens is 176 g/mol. The minimum atomic E-state index is -1.84. The maximum absolute atomic E-state index is 11.1. The number of ether oxygens (including phenoxy) is 1. The number of carbonyl (C=O) groups is 2. The fourth-order valence-electron chi connectivity index (χ4n) is 1.30. The van der Waals surface area contributed by atoms with Crippen LogP contribution in [0.1, 0.15) is 20.8 Å². The van der Waals surface area contributed by atoms with Crippen molar-refractivity contribution in [3.8, 4) is 0 Å². The summed E-state index contributed by atoms with van der Waals surface area (Å²) in [5.74, 6) is -2.85. The van der Waals surface area contributed by atoms with E-state index in [1.165, 1.54) is 20.8 Å². The van der Waals surface area contributed by atoms with Crippen LogP contribution in [-0.4, -0.2) is 33.4 Å². The Bertz CT molecular complexity index is 268. The number of carboxylic acids is 1. The molecule has 1 unspecified atom stereocenters. The van der Waals surface area contributed by atoms with Gasteiger partial charge in [0, 0.05) is 0 Å². The molecule has 1 aliphatic heterocycles. The maximum Gasteiger partial charge on any atom is 0.350 e. The number of aliphatic carboxylic acids is 1. The van der Waals surface area contributed by atoms with Gasteiger partial charge < -0.3 is 14.9 Å². The molecule has 1 aliphatic rings. The number of carboxylic acid groups (broad SMARTS) is 1. The molecule has 13 heavy (non-hydrogen) atoms. The lowest BCUT2D eigenvalue weighted by Crippen LogP contribution is -2.54. The Balaban J connectivity index is 3.17. The van der Waals surface area contributed by atoms with Crippen molar-refractivity contribution in [1.29, 1.82) is 0 Å². The number of aliphatic hydroxyl groups is 1. The zero-order valence-electron chi connectivity index (χ0n) is 7.70. The highest BCUT2D eigenvalue weighted by Crippen LogP contribution is 2.40. The van der Waals surface area contributed by atoms with Crippen molar-refractivity contribution in [1.82, 2.24) is 0 Å². The Hall–Kier alpha value is -1.10. The normalized spacial score (nSPS) is 44.6. The first-order valence-electron chi connectivity index (χ1n) is 3.92. The van der Waals surface area contributed by atoms with E-state index in [-0.39, 0.29) is 0 Å². The molecule has 3 atom stereocenters. The molecule has 0 amide bonds. The molecular formula is C8H12O5. The lowest BCUT2D eigenvalue weighted by Gasteiger charge is -2.31. The Morgan fingerprint density at radius 2 is 2.00 bits per heavy atom.